The zero-order chi connectivity index (χ0) is 10.8. The van der Waals surface area contributed by atoms with Crippen LogP contribution in [-0.2, 0) is 4.79 Å². The Balaban J connectivity index is 2.36. The van der Waals surface area contributed by atoms with Gasteiger partial charge in [0.1, 0.15) is 5.70 Å². The van der Waals surface area contributed by atoms with E-state index in [1.54, 1.807) is 5.41 Å². The van der Waals surface area contributed by atoms with E-state index >= 15 is 0 Å². The number of thioether (sulfide) groups is 1. The Morgan fingerprint density at radius 3 is 3.07 bits per heavy atom. The molecule has 15 heavy (non-hydrogen) atoms. The summed E-state index contributed by atoms with van der Waals surface area (Å²) in [6, 6.07) is 2.21. The van der Waals surface area contributed by atoms with Crippen molar-refractivity contribution in [2.45, 2.75) is 19.3 Å². The fourth-order valence-corrected chi connectivity index (χ4v) is 2.85. The first kappa shape index (κ1) is 10.1. The Hall–Kier alpha value is -1.41. The SMILES string of the molecule is N#CC1=C2SC=C(C(N)=O)N2CCCC1. The van der Waals surface area contributed by atoms with Crippen LogP contribution in [0.3, 0.4) is 0 Å². The molecule has 1 amide bonds. The molecular formula is C10H11N3OS. The predicted octanol–water partition coefficient (Wildman–Crippen LogP) is 1.28. The van der Waals surface area contributed by atoms with Crippen molar-refractivity contribution in [2.75, 3.05) is 6.54 Å². The lowest BCUT2D eigenvalue weighted by Gasteiger charge is -2.19. The van der Waals surface area contributed by atoms with Gasteiger partial charge < -0.3 is 10.6 Å². The van der Waals surface area contributed by atoms with Gasteiger partial charge in [-0.3, -0.25) is 4.79 Å². The average Bonchev–Trinajstić information content (AvgIpc) is 2.53. The quantitative estimate of drug-likeness (QED) is 0.724. The molecule has 0 unspecified atom stereocenters. The van der Waals surface area contributed by atoms with Crippen molar-refractivity contribution in [3.05, 3.63) is 21.7 Å². The first-order valence-electron chi connectivity index (χ1n) is 4.81. The summed E-state index contributed by atoms with van der Waals surface area (Å²) in [5.74, 6) is -0.420. The number of amides is 1. The molecule has 0 fully saturated rings. The van der Waals surface area contributed by atoms with Crippen LogP contribution in [0.15, 0.2) is 21.7 Å². The van der Waals surface area contributed by atoms with Crippen molar-refractivity contribution in [1.82, 2.24) is 4.90 Å². The molecule has 2 rings (SSSR count). The minimum Gasteiger partial charge on any atom is -0.364 e. The number of nitriles is 1. The number of carbonyl (C=O) groups excluding carboxylic acids is 1. The molecule has 4 nitrogen and oxygen atoms in total. The number of hydrogen-bond donors (Lipinski definition) is 1. The number of rotatable bonds is 1. The number of nitrogens with zero attached hydrogens (tertiary/aromatic N) is 2. The van der Waals surface area contributed by atoms with Crippen LogP contribution in [0, 0.1) is 11.3 Å². The van der Waals surface area contributed by atoms with Crippen molar-refractivity contribution in [2.24, 2.45) is 5.73 Å². The normalized spacial score (nSPS) is 20.5. The number of nitrogens with two attached hydrogens (primary N) is 1. The number of carbonyl (C=O) groups is 1. The minimum atomic E-state index is -0.420. The number of allylic oxidation sites excluding steroid dienone is 1. The van der Waals surface area contributed by atoms with Gasteiger partial charge >= 0.3 is 0 Å². The molecule has 0 aromatic rings. The maximum Gasteiger partial charge on any atom is 0.265 e. The van der Waals surface area contributed by atoms with E-state index in [2.05, 4.69) is 6.07 Å². The van der Waals surface area contributed by atoms with E-state index in [0.717, 1.165) is 36.4 Å². The van der Waals surface area contributed by atoms with Crippen LogP contribution in [0.4, 0.5) is 0 Å². The summed E-state index contributed by atoms with van der Waals surface area (Å²) < 4.78 is 0. The molecule has 0 spiro atoms. The first-order valence-corrected chi connectivity index (χ1v) is 5.69. The standard InChI is InChI=1S/C10H11N3OS/c11-5-7-3-1-2-4-13-8(9(12)14)6-15-10(7)13/h6H,1-4H2,(H2,12,14). The van der Waals surface area contributed by atoms with E-state index < -0.39 is 5.91 Å². The number of hydrogen-bond acceptors (Lipinski definition) is 4. The molecular weight excluding hydrogens is 210 g/mol. The van der Waals surface area contributed by atoms with Gasteiger partial charge in [-0.05, 0) is 19.3 Å². The molecule has 5 heteroatoms. The van der Waals surface area contributed by atoms with E-state index in [1.807, 2.05) is 4.90 Å². The third kappa shape index (κ3) is 1.73. The molecule has 2 N–H and O–H groups in total. The van der Waals surface area contributed by atoms with E-state index in [4.69, 9.17) is 11.0 Å². The molecule has 0 aromatic carbocycles. The molecule has 0 aliphatic carbocycles. The van der Waals surface area contributed by atoms with Gasteiger partial charge in [0.15, 0.2) is 0 Å². The second-order valence-electron chi connectivity index (χ2n) is 3.49. The highest BCUT2D eigenvalue weighted by Crippen LogP contribution is 2.39. The van der Waals surface area contributed by atoms with Crippen molar-refractivity contribution in [1.29, 1.82) is 5.26 Å². The molecule has 0 radical (unpaired) electrons. The zero-order valence-corrected chi connectivity index (χ0v) is 9.01. The van der Waals surface area contributed by atoms with E-state index in [1.165, 1.54) is 11.8 Å². The smallest absolute Gasteiger partial charge is 0.265 e. The average molecular weight is 221 g/mol. The van der Waals surface area contributed by atoms with Gasteiger partial charge in [0.2, 0.25) is 0 Å². The molecule has 0 bridgehead atoms. The molecule has 0 saturated carbocycles. The molecule has 2 heterocycles. The molecule has 0 aromatic heterocycles. The highest BCUT2D eigenvalue weighted by Gasteiger charge is 2.28. The lowest BCUT2D eigenvalue weighted by molar-refractivity contribution is -0.115. The molecule has 78 valence electrons. The summed E-state index contributed by atoms with van der Waals surface area (Å²) in [6.07, 6.45) is 2.78. The summed E-state index contributed by atoms with van der Waals surface area (Å²) in [5.41, 5.74) is 6.56. The number of fused-ring (bicyclic) bond motifs is 1. The van der Waals surface area contributed by atoms with Crippen molar-refractivity contribution < 1.29 is 4.79 Å². The lowest BCUT2D eigenvalue weighted by atomic mass is 10.1. The molecule has 2 aliphatic heterocycles. The van der Waals surface area contributed by atoms with Crippen LogP contribution in [0.1, 0.15) is 19.3 Å². The Kier molecular flexibility index (Phi) is 2.69. The number of primary amides is 1. The van der Waals surface area contributed by atoms with Gasteiger partial charge in [0.25, 0.3) is 5.91 Å². The van der Waals surface area contributed by atoms with Gasteiger partial charge in [0.05, 0.1) is 16.7 Å². The van der Waals surface area contributed by atoms with Crippen LogP contribution in [-0.4, -0.2) is 17.4 Å². The van der Waals surface area contributed by atoms with Crippen LogP contribution >= 0.6 is 11.8 Å². The summed E-state index contributed by atoms with van der Waals surface area (Å²) in [6.45, 7) is 0.780. The van der Waals surface area contributed by atoms with Crippen LogP contribution in [0.5, 0.6) is 0 Å². The van der Waals surface area contributed by atoms with Crippen molar-refractivity contribution in [3.8, 4) is 6.07 Å². The van der Waals surface area contributed by atoms with Crippen molar-refractivity contribution in [3.63, 3.8) is 0 Å². The van der Waals surface area contributed by atoms with Gasteiger partial charge in [-0.1, -0.05) is 11.8 Å². The van der Waals surface area contributed by atoms with Crippen LogP contribution in [0.2, 0.25) is 0 Å². The molecule has 0 atom stereocenters. The third-order valence-electron chi connectivity index (χ3n) is 2.52. The van der Waals surface area contributed by atoms with Crippen molar-refractivity contribution >= 4 is 17.7 Å². The van der Waals surface area contributed by atoms with Crippen LogP contribution in [0.25, 0.3) is 0 Å². The van der Waals surface area contributed by atoms with E-state index in [9.17, 15) is 4.79 Å². The fourth-order valence-electron chi connectivity index (χ4n) is 1.78. The van der Waals surface area contributed by atoms with Gasteiger partial charge in [-0.2, -0.15) is 5.26 Å². The molecule has 2 aliphatic rings. The molecule has 0 saturated heterocycles. The Morgan fingerprint density at radius 1 is 1.60 bits per heavy atom. The second-order valence-corrected chi connectivity index (χ2v) is 4.35. The topological polar surface area (TPSA) is 70.1 Å². The maximum absolute atomic E-state index is 11.2. The Bertz CT molecular complexity index is 405. The summed E-state index contributed by atoms with van der Waals surface area (Å²) in [5, 5.41) is 11.6. The van der Waals surface area contributed by atoms with E-state index in [-0.39, 0.29) is 0 Å². The fraction of sp³-hybridized carbons (Fsp3) is 0.400. The summed E-state index contributed by atoms with van der Waals surface area (Å²) in [4.78, 5) is 13.0. The van der Waals surface area contributed by atoms with Crippen LogP contribution < -0.4 is 5.73 Å². The monoisotopic (exact) mass is 221 g/mol. The zero-order valence-electron chi connectivity index (χ0n) is 8.19. The van der Waals surface area contributed by atoms with Gasteiger partial charge in [-0.15, -0.1) is 0 Å². The predicted molar refractivity (Wildman–Crippen MR) is 58.1 cm³/mol. The minimum absolute atomic E-state index is 0.420. The van der Waals surface area contributed by atoms with E-state index in [0.29, 0.717) is 5.70 Å². The maximum atomic E-state index is 11.2. The van der Waals surface area contributed by atoms with Gasteiger partial charge in [-0.25, -0.2) is 0 Å². The summed E-state index contributed by atoms with van der Waals surface area (Å²) in [7, 11) is 0. The Labute approximate surface area is 92.4 Å². The first-order chi connectivity index (χ1) is 7.24. The van der Waals surface area contributed by atoms with Gasteiger partial charge in [0, 0.05) is 12.0 Å². The summed E-state index contributed by atoms with van der Waals surface area (Å²) >= 11 is 1.43. The third-order valence-corrected chi connectivity index (χ3v) is 3.55. The lowest BCUT2D eigenvalue weighted by Crippen LogP contribution is -2.28. The largest absolute Gasteiger partial charge is 0.364 e. The highest BCUT2D eigenvalue weighted by atomic mass is 32.2. The highest BCUT2D eigenvalue weighted by molar-refractivity contribution is 8.06. The Morgan fingerprint density at radius 2 is 2.40 bits per heavy atom. The second kappa shape index (κ2) is 3.99.